The summed E-state index contributed by atoms with van der Waals surface area (Å²) >= 11 is 0. The van der Waals surface area contributed by atoms with Crippen molar-refractivity contribution in [2.45, 2.75) is 26.7 Å². The van der Waals surface area contributed by atoms with E-state index in [4.69, 9.17) is 30.3 Å². The minimum atomic E-state index is -0.935. The molecule has 0 aromatic carbocycles. The minimum Gasteiger partial charge on any atom is -0.478 e. The first kappa shape index (κ1) is 33.3. The van der Waals surface area contributed by atoms with E-state index >= 15 is 0 Å². The number of aliphatic hydroxyl groups is 3. The average molecular weight is 405 g/mol. The van der Waals surface area contributed by atoms with Crippen molar-refractivity contribution in [2.75, 3.05) is 33.0 Å². The lowest BCUT2D eigenvalue weighted by Gasteiger charge is -2.07. The highest BCUT2D eigenvalue weighted by molar-refractivity contribution is 5.85. The lowest BCUT2D eigenvalue weighted by atomic mass is 10.1. The summed E-state index contributed by atoms with van der Waals surface area (Å²) in [5, 5.41) is 41.1. The van der Waals surface area contributed by atoms with E-state index in [1.807, 2.05) is 0 Å². The largest absolute Gasteiger partial charge is 0.478 e. The molecule has 0 rings (SSSR count). The highest BCUT2D eigenvalue weighted by Gasteiger charge is 2.03. The Kier molecular flexibility index (Phi) is 32.1. The first-order valence-electron chi connectivity index (χ1n) is 8.45. The van der Waals surface area contributed by atoms with Crippen LogP contribution in [-0.4, -0.2) is 70.5 Å². The van der Waals surface area contributed by atoms with Crippen LogP contribution in [0.25, 0.3) is 0 Å². The molecule has 0 unspecified atom stereocenters. The smallest absolute Gasteiger partial charge is 0.330 e. The van der Waals surface area contributed by atoms with Gasteiger partial charge in [0, 0.05) is 36.9 Å². The zero-order valence-electron chi connectivity index (χ0n) is 17.0. The Morgan fingerprint density at radius 3 is 1.39 bits per heavy atom. The van der Waals surface area contributed by atoms with Gasteiger partial charge >= 0.3 is 11.9 Å². The van der Waals surface area contributed by atoms with Crippen LogP contribution in [0, 0.1) is 5.92 Å². The summed E-state index contributed by atoms with van der Waals surface area (Å²) in [6.07, 6.45) is 4.78. The minimum absolute atomic E-state index is 0.0104. The van der Waals surface area contributed by atoms with Crippen LogP contribution in [0.5, 0.6) is 0 Å². The average Bonchev–Trinajstić information content (AvgIpc) is 2.64. The number of hydrogen-bond acceptors (Lipinski definition) is 6. The molecule has 0 amide bonds. The molecule has 164 valence electrons. The molecule has 28 heavy (non-hydrogen) atoms. The van der Waals surface area contributed by atoms with Crippen molar-refractivity contribution in [1.29, 1.82) is 0 Å². The topological polar surface area (TPSA) is 145 Å². The summed E-state index contributed by atoms with van der Waals surface area (Å²) in [5.41, 5.74) is 0.352. The number of carboxylic acids is 2. The van der Waals surface area contributed by atoms with Gasteiger partial charge in [0.05, 0.1) is 13.2 Å². The fourth-order valence-corrected chi connectivity index (χ4v) is 0.855. The molecule has 0 aromatic rings. The Hall–Kier alpha value is -2.26. The van der Waals surface area contributed by atoms with Gasteiger partial charge in [-0.2, -0.15) is 0 Å². The van der Waals surface area contributed by atoms with Crippen molar-refractivity contribution >= 4 is 11.9 Å². The van der Waals surface area contributed by atoms with Gasteiger partial charge in [0.15, 0.2) is 0 Å². The van der Waals surface area contributed by atoms with Crippen LogP contribution in [0.2, 0.25) is 0 Å². The first-order chi connectivity index (χ1) is 13.0. The van der Waals surface area contributed by atoms with Gasteiger partial charge in [-0.1, -0.05) is 25.3 Å². The fraction of sp³-hybridized carbons (Fsp3) is 0.500. The highest BCUT2D eigenvalue weighted by atomic mass is 16.5. The zero-order chi connectivity index (χ0) is 23.0. The van der Waals surface area contributed by atoms with Crippen molar-refractivity contribution in [3.63, 3.8) is 0 Å². The molecule has 0 heterocycles. The SMILES string of the molecule is C=C(C)C(=O)O.C=C(C)C(=O)O.C=CCOCC=C.OCCCC(CO)CO. The summed E-state index contributed by atoms with van der Waals surface area (Å²) in [6.45, 7) is 17.5. The van der Waals surface area contributed by atoms with E-state index in [2.05, 4.69) is 26.3 Å². The first-order valence-corrected chi connectivity index (χ1v) is 8.45. The predicted octanol–water partition coefficient (Wildman–Crippen LogP) is 2.03. The van der Waals surface area contributed by atoms with E-state index in [-0.39, 0.29) is 36.9 Å². The number of carboxylic acid groups (broad SMARTS) is 2. The van der Waals surface area contributed by atoms with Gasteiger partial charge in [-0.05, 0) is 26.7 Å². The molecule has 0 fully saturated rings. The Labute approximate surface area is 167 Å². The summed E-state index contributed by atoms with van der Waals surface area (Å²) < 4.78 is 4.90. The van der Waals surface area contributed by atoms with E-state index < -0.39 is 11.9 Å². The summed E-state index contributed by atoms with van der Waals surface area (Å²) in [5.74, 6) is -1.91. The molecule has 5 N–H and O–H groups in total. The number of aliphatic hydroxyl groups excluding tert-OH is 3. The fourth-order valence-electron chi connectivity index (χ4n) is 0.855. The normalized spacial score (nSPS) is 8.64. The van der Waals surface area contributed by atoms with Crippen molar-refractivity contribution in [3.05, 3.63) is 49.6 Å². The molecule has 0 bridgehead atoms. The molecule has 8 heteroatoms. The Morgan fingerprint density at radius 1 is 0.893 bits per heavy atom. The van der Waals surface area contributed by atoms with Gasteiger partial charge in [-0.3, -0.25) is 0 Å². The number of aliphatic carboxylic acids is 2. The van der Waals surface area contributed by atoms with Crippen LogP contribution < -0.4 is 0 Å². The lowest BCUT2D eigenvalue weighted by Crippen LogP contribution is -2.11. The summed E-state index contributed by atoms with van der Waals surface area (Å²) in [6, 6.07) is 0. The van der Waals surface area contributed by atoms with E-state index in [0.29, 0.717) is 26.1 Å². The molecule has 0 aliphatic heterocycles. The standard InChI is InChI=1S/C6H14O3.C6H10O.2C4H6O2/c7-3-1-2-6(4-8)5-9;1-3-5-7-6-4-2;2*1-3(2)4(5)6/h6-9H,1-5H2;3-4H,1-2,5-6H2;2*1H2,2H3,(H,5,6). The molecule has 0 saturated carbocycles. The van der Waals surface area contributed by atoms with E-state index in [1.54, 1.807) is 12.2 Å². The van der Waals surface area contributed by atoms with Gasteiger partial charge < -0.3 is 30.3 Å². The van der Waals surface area contributed by atoms with E-state index in [0.717, 1.165) is 0 Å². The summed E-state index contributed by atoms with van der Waals surface area (Å²) in [7, 11) is 0. The number of carbonyl (C=O) groups is 2. The second-order valence-corrected chi connectivity index (χ2v) is 5.38. The van der Waals surface area contributed by atoms with Crippen molar-refractivity contribution in [1.82, 2.24) is 0 Å². The van der Waals surface area contributed by atoms with Gasteiger partial charge in [-0.25, -0.2) is 9.59 Å². The summed E-state index contributed by atoms with van der Waals surface area (Å²) in [4.78, 5) is 19.2. The van der Waals surface area contributed by atoms with Crippen LogP contribution in [-0.2, 0) is 14.3 Å². The van der Waals surface area contributed by atoms with E-state index in [1.165, 1.54) is 13.8 Å². The molecule has 0 aliphatic rings. The highest BCUT2D eigenvalue weighted by Crippen LogP contribution is 2.02. The third-order valence-electron chi connectivity index (χ3n) is 2.49. The van der Waals surface area contributed by atoms with Crippen LogP contribution >= 0.6 is 0 Å². The predicted molar refractivity (Wildman–Crippen MR) is 110 cm³/mol. The van der Waals surface area contributed by atoms with Gasteiger partial charge in [0.1, 0.15) is 0 Å². The Morgan fingerprint density at radius 2 is 1.21 bits per heavy atom. The zero-order valence-corrected chi connectivity index (χ0v) is 17.0. The molecule has 0 atom stereocenters. The maximum absolute atomic E-state index is 9.60. The van der Waals surface area contributed by atoms with Crippen LogP contribution in [0.1, 0.15) is 26.7 Å². The number of rotatable bonds is 11. The second-order valence-electron chi connectivity index (χ2n) is 5.38. The lowest BCUT2D eigenvalue weighted by molar-refractivity contribution is -0.133. The van der Waals surface area contributed by atoms with Crippen molar-refractivity contribution < 1.29 is 39.9 Å². The third-order valence-corrected chi connectivity index (χ3v) is 2.49. The van der Waals surface area contributed by atoms with E-state index in [9.17, 15) is 9.59 Å². The molecule has 0 saturated heterocycles. The third kappa shape index (κ3) is 39.0. The number of ether oxygens (including phenoxy) is 1. The van der Waals surface area contributed by atoms with Crippen LogP contribution in [0.15, 0.2) is 49.6 Å². The maximum Gasteiger partial charge on any atom is 0.330 e. The molecular formula is C20H36O8. The molecule has 0 radical (unpaired) electrons. The van der Waals surface area contributed by atoms with Gasteiger partial charge in [-0.15, -0.1) is 13.2 Å². The van der Waals surface area contributed by atoms with Crippen molar-refractivity contribution in [3.8, 4) is 0 Å². The quantitative estimate of drug-likeness (QED) is 0.200. The van der Waals surface area contributed by atoms with Crippen LogP contribution in [0.4, 0.5) is 0 Å². The molecule has 8 nitrogen and oxygen atoms in total. The molecule has 0 spiro atoms. The van der Waals surface area contributed by atoms with Crippen molar-refractivity contribution in [2.24, 2.45) is 5.92 Å². The van der Waals surface area contributed by atoms with Crippen LogP contribution in [0.3, 0.4) is 0 Å². The molecule has 0 aromatic heterocycles. The maximum atomic E-state index is 9.60. The van der Waals surface area contributed by atoms with Gasteiger partial charge in [0.25, 0.3) is 0 Å². The molecular weight excluding hydrogens is 368 g/mol. The monoisotopic (exact) mass is 404 g/mol. The number of hydrogen-bond donors (Lipinski definition) is 5. The second kappa shape index (κ2) is 27.0. The molecule has 0 aliphatic carbocycles. The Balaban J connectivity index is -0.000000139. The van der Waals surface area contributed by atoms with Gasteiger partial charge in [0.2, 0.25) is 0 Å². The Bertz CT molecular complexity index is 383.